The fraction of sp³-hybridized carbons (Fsp3) is 0.276. The third kappa shape index (κ3) is 4.88. The van der Waals surface area contributed by atoms with Crippen molar-refractivity contribution >= 4 is 62.7 Å². The van der Waals surface area contributed by atoms with Crippen LogP contribution in [0.1, 0.15) is 39.5 Å². The SMILES string of the molecule is C=C1CC[C@](C)(n2cnc3cccc(Cl)c3c2=O)C(=O)N1.C[C@@]1(n2cnc3cccc(Cl)c3c2=O)CCC(=O)NC1=O. The van der Waals surface area contributed by atoms with Crippen molar-refractivity contribution in [2.45, 2.75) is 50.6 Å². The van der Waals surface area contributed by atoms with E-state index in [1.165, 1.54) is 21.8 Å². The second-order valence-electron chi connectivity index (χ2n) is 10.6. The molecule has 0 bridgehead atoms. The van der Waals surface area contributed by atoms with E-state index in [1.807, 2.05) is 0 Å². The zero-order chi connectivity index (χ0) is 30.4. The Morgan fingerprint density at radius 2 is 1.19 bits per heavy atom. The molecule has 0 aliphatic carbocycles. The number of rotatable bonds is 2. The van der Waals surface area contributed by atoms with Gasteiger partial charge in [0.25, 0.3) is 17.0 Å². The van der Waals surface area contributed by atoms with Crippen LogP contribution in [0, 0.1) is 0 Å². The monoisotopic (exact) mass is 608 g/mol. The van der Waals surface area contributed by atoms with Crippen LogP contribution in [0.2, 0.25) is 10.0 Å². The van der Waals surface area contributed by atoms with E-state index in [-0.39, 0.29) is 40.6 Å². The lowest BCUT2D eigenvalue weighted by Crippen LogP contribution is -2.55. The summed E-state index contributed by atoms with van der Waals surface area (Å²) >= 11 is 12.2. The molecule has 0 radical (unpaired) electrons. The number of carbonyl (C=O) groups excluding carboxylic acids is 3. The van der Waals surface area contributed by atoms with Gasteiger partial charge >= 0.3 is 0 Å². The van der Waals surface area contributed by atoms with Crippen LogP contribution in [0.5, 0.6) is 0 Å². The second kappa shape index (κ2) is 10.8. The first-order valence-corrected chi connectivity index (χ1v) is 13.8. The average molecular weight is 609 g/mol. The molecule has 13 heteroatoms. The number of hydrogen-bond acceptors (Lipinski definition) is 7. The van der Waals surface area contributed by atoms with E-state index >= 15 is 0 Å². The number of amides is 3. The van der Waals surface area contributed by atoms with Crippen molar-refractivity contribution < 1.29 is 14.4 Å². The highest BCUT2D eigenvalue weighted by Gasteiger charge is 2.41. The van der Waals surface area contributed by atoms with Gasteiger partial charge in [-0.2, -0.15) is 0 Å². The van der Waals surface area contributed by atoms with Crippen molar-refractivity contribution in [1.82, 2.24) is 29.7 Å². The lowest BCUT2D eigenvalue weighted by molar-refractivity contribution is -0.140. The van der Waals surface area contributed by atoms with Gasteiger partial charge in [-0.1, -0.05) is 41.9 Å². The van der Waals surface area contributed by atoms with Crippen molar-refractivity contribution in [1.29, 1.82) is 0 Å². The zero-order valence-electron chi connectivity index (χ0n) is 22.7. The molecule has 0 saturated carbocycles. The number of nitrogens with zero attached hydrogens (tertiary/aromatic N) is 4. The van der Waals surface area contributed by atoms with Crippen molar-refractivity contribution in [3.8, 4) is 0 Å². The normalized spacial score (nSPS) is 22.4. The summed E-state index contributed by atoms with van der Waals surface area (Å²) in [4.78, 5) is 69.6. The molecule has 2 aromatic carbocycles. The van der Waals surface area contributed by atoms with Gasteiger partial charge < -0.3 is 5.32 Å². The number of carbonyl (C=O) groups is 3. The Kier molecular flexibility index (Phi) is 7.50. The molecular weight excluding hydrogens is 583 g/mol. The molecule has 2 saturated heterocycles. The van der Waals surface area contributed by atoms with Crippen LogP contribution >= 0.6 is 23.2 Å². The summed E-state index contributed by atoms with van der Waals surface area (Å²) in [7, 11) is 0. The molecule has 4 aromatic rings. The number of aromatic nitrogens is 4. The summed E-state index contributed by atoms with van der Waals surface area (Å²) in [5.74, 6) is -1.10. The highest BCUT2D eigenvalue weighted by atomic mass is 35.5. The molecule has 42 heavy (non-hydrogen) atoms. The fourth-order valence-corrected chi connectivity index (χ4v) is 5.57. The number of nitrogens with one attached hydrogen (secondary N) is 2. The maximum absolute atomic E-state index is 12.7. The van der Waals surface area contributed by atoms with E-state index in [9.17, 15) is 24.0 Å². The number of piperidine rings is 2. The van der Waals surface area contributed by atoms with Gasteiger partial charge in [-0.25, -0.2) is 9.97 Å². The molecule has 6 rings (SSSR count). The van der Waals surface area contributed by atoms with Crippen molar-refractivity contribution in [2.75, 3.05) is 0 Å². The second-order valence-corrected chi connectivity index (χ2v) is 11.4. The largest absolute Gasteiger partial charge is 0.328 e. The third-order valence-corrected chi connectivity index (χ3v) is 8.44. The zero-order valence-corrected chi connectivity index (χ0v) is 24.3. The Hall–Kier alpha value is -4.35. The highest BCUT2D eigenvalue weighted by molar-refractivity contribution is 6.35. The molecule has 0 unspecified atom stereocenters. The standard InChI is InChI=1S/C15H14ClN3O2.C14H12ClN3O3/c1-9-6-7-15(2,14(21)18-9)19-8-17-11-5-3-4-10(16)12(11)13(19)20;1-14(6-5-10(19)17-13(14)21)18-7-16-9-4-2-3-8(15)11(9)12(18)20/h3-5,8H,1,6-7H2,2H3,(H,18,21);2-4,7H,5-6H2,1H3,(H,17,19,21)/t15-;14-/m01/s1. The molecule has 2 aliphatic heterocycles. The molecule has 216 valence electrons. The summed E-state index contributed by atoms with van der Waals surface area (Å²) < 4.78 is 2.62. The van der Waals surface area contributed by atoms with E-state index in [2.05, 4.69) is 27.2 Å². The predicted molar refractivity (Wildman–Crippen MR) is 158 cm³/mol. The summed E-state index contributed by atoms with van der Waals surface area (Å²) in [5, 5.41) is 6.19. The first kappa shape index (κ1) is 29.2. The van der Waals surface area contributed by atoms with Gasteiger partial charge in [0.2, 0.25) is 11.8 Å². The van der Waals surface area contributed by atoms with Crippen molar-refractivity contribution in [3.05, 3.63) is 92.1 Å². The topological polar surface area (TPSA) is 145 Å². The molecule has 2 atom stereocenters. The van der Waals surface area contributed by atoms with E-state index in [4.69, 9.17) is 23.2 Å². The predicted octanol–water partition coefficient (Wildman–Crippen LogP) is 3.39. The summed E-state index contributed by atoms with van der Waals surface area (Å²) in [6, 6.07) is 10.1. The molecular formula is C29H26Cl2N6O5. The Morgan fingerprint density at radius 3 is 1.64 bits per heavy atom. The summed E-state index contributed by atoms with van der Waals surface area (Å²) in [6.45, 7) is 7.09. The van der Waals surface area contributed by atoms with E-state index in [0.717, 1.165) is 0 Å². The Balaban J connectivity index is 0.000000168. The Bertz CT molecular complexity index is 1800. The van der Waals surface area contributed by atoms with Crippen LogP contribution < -0.4 is 21.8 Å². The molecule has 0 spiro atoms. The number of hydrogen-bond donors (Lipinski definition) is 2. The minimum absolute atomic E-state index is 0.176. The first-order valence-electron chi connectivity index (χ1n) is 13.0. The van der Waals surface area contributed by atoms with Gasteiger partial charge in [-0.15, -0.1) is 0 Å². The van der Waals surface area contributed by atoms with E-state index in [0.29, 0.717) is 40.0 Å². The molecule has 2 aliphatic rings. The van der Waals surface area contributed by atoms with Crippen molar-refractivity contribution in [3.63, 3.8) is 0 Å². The number of imide groups is 1. The highest BCUT2D eigenvalue weighted by Crippen LogP contribution is 2.29. The minimum atomic E-state index is -1.15. The van der Waals surface area contributed by atoms with Crippen LogP contribution in [0.25, 0.3) is 21.8 Å². The Morgan fingerprint density at radius 1 is 0.738 bits per heavy atom. The molecule has 4 heterocycles. The number of halogens is 2. The van der Waals surface area contributed by atoms with Gasteiger partial charge in [-0.05, 0) is 57.4 Å². The van der Waals surface area contributed by atoms with Crippen molar-refractivity contribution in [2.24, 2.45) is 0 Å². The van der Waals surface area contributed by atoms with Gasteiger partial charge in [0.05, 0.1) is 44.5 Å². The number of allylic oxidation sites excluding steroid dienone is 1. The van der Waals surface area contributed by atoms with E-state index < -0.39 is 22.5 Å². The molecule has 2 N–H and O–H groups in total. The smallest absolute Gasteiger partial charge is 0.263 e. The fourth-order valence-electron chi connectivity index (χ4n) is 5.07. The van der Waals surface area contributed by atoms with Gasteiger partial charge in [0.1, 0.15) is 11.1 Å². The molecule has 2 aromatic heterocycles. The molecule has 11 nitrogen and oxygen atoms in total. The minimum Gasteiger partial charge on any atom is -0.328 e. The maximum atomic E-state index is 12.7. The van der Waals surface area contributed by atoms with Crippen LogP contribution in [0.4, 0.5) is 0 Å². The van der Waals surface area contributed by atoms with E-state index in [1.54, 1.807) is 50.2 Å². The first-order chi connectivity index (χ1) is 19.9. The molecule has 3 amide bonds. The van der Waals surface area contributed by atoms with Gasteiger partial charge in [0.15, 0.2) is 0 Å². The quantitative estimate of drug-likeness (QED) is 0.332. The molecule has 2 fully saturated rings. The van der Waals surface area contributed by atoms with Crippen LogP contribution in [-0.4, -0.2) is 36.8 Å². The maximum Gasteiger partial charge on any atom is 0.263 e. The van der Waals surface area contributed by atoms with Crippen LogP contribution in [0.3, 0.4) is 0 Å². The lowest BCUT2D eigenvalue weighted by atomic mass is 9.89. The number of benzene rings is 2. The third-order valence-electron chi connectivity index (χ3n) is 7.81. The summed E-state index contributed by atoms with van der Waals surface area (Å²) in [6.07, 6.45) is 4.28. The lowest BCUT2D eigenvalue weighted by Gasteiger charge is -2.34. The Labute approximate surface area is 249 Å². The number of fused-ring (bicyclic) bond motifs is 2. The summed E-state index contributed by atoms with van der Waals surface area (Å²) in [5.41, 5.74) is -1.18. The van der Waals surface area contributed by atoms with Crippen LogP contribution in [-0.2, 0) is 25.5 Å². The van der Waals surface area contributed by atoms with Crippen LogP contribution in [0.15, 0.2) is 70.9 Å². The van der Waals surface area contributed by atoms with Gasteiger partial charge in [0, 0.05) is 12.1 Å². The van der Waals surface area contributed by atoms with Gasteiger partial charge in [-0.3, -0.25) is 38.4 Å². The average Bonchev–Trinajstić information content (AvgIpc) is 2.94.